The lowest BCUT2D eigenvalue weighted by Crippen LogP contribution is -2.09. The Labute approximate surface area is 101 Å². The summed E-state index contributed by atoms with van der Waals surface area (Å²) in [5, 5.41) is 3.15. The molecule has 0 aliphatic carbocycles. The van der Waals surface area contributed by atoms with Crippen LogP contribution in [0.2, 0.25) is 0 Å². The summed E-state index contributed by atoms with van der Waals surface area (Å²) in [7, 11) is -2.87. The Morgan fingerprint density at radius 2 is 2.06 bits per heavy atom. The number of rotatable bonds is 5. The van der Waals surface area contributed by atoms with Gasteiger partial charge in [-0.3, -0.25) is 0 Å². The highest BCUT2D eigenvalue weighted by molar-refractivity contribution is 7.90. The minimum atomic E-state index is -2.87. The van der Waals surface area contributed by atoms with Crippen LogP contribution in [0.5, 0.6) is 11.5 Å². The fourth-order valence-electron chi connectivity index (χ4n) is 1.57. The van der Waals surface area contributed by atoms with Gasteiger partial charge >= 0.3 is 0 Å². The number of sulfone groups is 1. The Morgan fingerprint density at radius 3 is 2.82 bits per heavy atom. The van der Waals surface area contributed by atoms with Crippen molar-refractivity contribution in [2.24, 2.45) is 0 Å². The predicted octanol–water partition coefficient (Wildman–Crippen LogP) is 1.26. The lowest BCUT2D eigenvalue weighted by molar-refractivity contribution is 0.174. The molecule has 1 aromatic carbocycles. The second-order valence-corrected chi connectivity index (χ2v) is 6.24. The zero-order valence-corrected chi connectivity index (χ0v) is 10.4. The smallest absolute Gasteiger partial charge is 0.231 e. The average Bonchev–Trinajstić information content (AvgIpc) is 2.70. The first-order valence-corrected chi connectivity index (χ1v) is 7.42. The zero-order chi connectivity index (χ0) is 12.3. The Morgan fingerprint density at radius 1 is 1.29 bits per heavy atom. The van der Waals surface area contributed by atoms with Gasteiger partial charge in [0, 0.05) is 24.6 Å². The van der Waals surface area contributed by atoms with Crippen molar-refractivity contribution < 1.29 is 17.9 Å². The van der Waals surface area contributed by atoms with Crippen molar-refractivity contribution in [3.8, 4) is 11.5 Å². The molecule has 2 rings (SSSR count). The molecule has 17 heavy (non-hydrogen) atoms. The van der Waals surface area contributed by atoms with Crippen LogP contribution in [0.1, 0.15) is 6.42 Å². The first-order valence-electron chi connectivity index (χ1n) is 5.36. The standard InChI is InChI=1S/C11H15NO4S/c1-17(13,14)6-2-5-12-9-3-4-10-11(7-9)16-8-15-10/h3-4,7,12H,2,5-6,8H2,1H3. The highest BCUT2D eigenvalue weighted by Crippen LogP contribution is 2.34. The van der Waals surface area contributed by atoms with E-state index < -0.39 is 9.84 Å². The van der Waals surface area contributed by atoms with Crippen molar-refractivity contribution >= 4 is 15.5 Å². The van der Waals surface area contributed by atoms with E-state index in [1.807, 2.05) is 18.2 Å². The second-order valence-electron chi connectivity index (χ2n) is 3.98. The fourth-order valence-corrected chi connectivity index (χ4v) is 2.24. The molecule has 0 amide bonds. The van der Waals surface area contributed by atoms with Gasteiger partial charge in [0.05, 0.1) is 5.75 Å². The van der Waals surface area contributed by atoms with E-state index in [4.69, 9.17) is 9.47 Å². The second kappa shape index (κ2) is 4.83. The molecule has 0 aromatic heterocycles. The number of anilines is 1. The van der Waals surface area contributed by atoms with E-state index in [0.717, 1.165) is 17.2 Å². The SMILES string of the molecule is CS(=O)(=O)CCCNc1ccc2c(c1)OCO2. The summed E-state index contributed by atoms with van der Waals surface area (Å²) in [5.41, 5.74) is 0.905. The van der Waals surface area contributed by atoms with Crippen LogP contribution < -0.4 is 14.8 Å². The van der Waals surface area contributed by atoms with Crippen molar-refractivity contribution in [2.45, 2.75) is 6.42 Å². The van der Waals surface area contributed by atoms with Gasteiger partial charge in [0.2, 0.25) is 6.79 Å². The zero-order valence-electron chi connectivity index (χ0n) is 9.60. The maximum absolute atomic E-state index is 10.9. The quantitative estimate of drug-likeness (QED) is 0.805. The van der Waals surface area contributed by atoms with E-state index in [0.29, 0.717) is 13.0 Å². The molecule has 5 nitrogen and oxygen atoms in total. The predicted molar refractivity (Wildman–Crippen MR) is 65.4 cm³/mol. The largest absolute Gasteiger partial charge is 0.454 e. The van der Waals surface area contributed by atoms with Gasteiger partial charge in [-0.1, -0.05) is 0 Å². The summed E-state index contributed by atoms with van der Waals surface area (Å²) >= 11 is 0. The fraction of sp³-hybridized carbons (Fsp3) is 0.455. The minimum absolute atomic E-state index is 0.199. The van der Waals surface area contributed by atoms with Gasteiger partial charge in [0.15, 0.2) is 11.5 Å². The number of ether oxygens (including phenoxy) is 2. The van der Waals surface area contributed by atoms with Crippen LogP contribution >= 0.6 is 0 Å². The van der Waals surface area contributed by atoms with Gasteiger partial charge in [0.1, 0.15) is 9.84 Å². The minimum Gasteiger partial charge on any atom is -0.454 e. The number of hydrogen-bond donors (Lipinski definition) is 1. The highest BCUT2D eigenvalue weighted by atomic mass is 32.2. The number of fused-ring (bicyclic) bond motifs is 1. The molecule has 0 saturated heterocycles. The molecule has 1 N–H and O–H groups in total. The van der Waals surface area contributed by atoms with E-state index in [1.165, 1.54) is 6.26 Å². The van der Waals surface area contributed by atoms with Gasteiger partial charge in [-0.25, -0.2) is 8.42 Å². The molecule has 94 valence electrons. The number of hydrogen-bond acceptors (Lipinski definition) is 5. The van der Waals surface area contributed by atoms with E-state index >= 15 is 0 Å². The maximum Gasteiger partial charge on any atom is 0.231 e. The van der Waals surface area contributed by atoms with Crippen molar-refractivity contribution in [2.75, 3.05) is 30.7 Å². The molecule has 1 aromatic rings. The molecule has 1 aliphatic rings. The average molecular weight is 257 g/mol. The monoisotopic (exact) mass is 257 g/mol. The van der Waals surface area contributed by atoms with Crippen LogP contribution in [-0.2, 0) is 9.84 Å². The summed E-state index contributed by atoms with van der Waals surface area (Å²) in [6.45, 7) is 0.875. The first kappa shape index (κ1) is 12.0. The molecular weight excluding hydrogens is 242 g/mol. The third kappa shape index (κ3) is 3.52. The van der Waals surface area contributed by atoms with Gasteiger partial charge in [-0.05, 0) is 18.6 Å². The summed E-state index contributed by atoms with van der Waals surface area (Å²) in [5.74, 6) is 1.66. The maximum atomic E-state index is 10.9. The summed E-state index contributed by atoms with van der Waals surface area (Å²) in [4.78, 5) is 0. The molecule has 0 atom stereocenters. The van der Waals surface area contributed by atoms with Crippen LogP contribution in [0.15, 0.2) is 18.2 Å². The topological polar surface area (TPSA) is 64.6 Å². The number of benzene rings is 1. The molecule has 6 heteroatoms. The van der Waals surface area contributed by atoms with E-state index in [1.54, 1.807) is 0 Å². The Balaban J connectivity index is 1.84. The van der Waals surface area contributed by atoms with Gasteiger partial charge in [-0.15, -0.1) is 0 Å². The third-order valence-electron chi connectivity index (χ3n) is 2.39. The van der Waals surface area contributed by atoms with Gasteiger partial charge < -0.3 is 14.8 Å². The van der Waals surface area contributed by atoms with E-state index in [-0.39, 0.29) is 12.5 Å². The van der Waals surface area contributed by atoms with Crippen molar-refractivity contribution in [1.29, 1.82) is 0 Å². The summed E-state index contributed by atoms with van der Waals surface area (Å²) in [6, 6.07) is 5.57. The normalized spacial score (nSPS) is 13.7. The van der Waals surface area contributed by atoms with Crippen LogP contribution in [0.3, 0.4) is 0 Å². The number of nitrogens with one attached hydrogen (secondary N) is 1. The third-order valence-corrected chi connectivity index (χ3v) is 3.42. The Hall–Kier alpha value is -1.43. The van der Waals surface area contributed by atoms with E-state index in [9.17, 15) is 8.42 Å². The molecule has 0 saturated carbocycles. The molecule has 0 radical (unpaired) electrons. The molecule has 0 fully saturated rings. The van der Waals surface area contributed by atoms with Crippen LogP contribution in [-0.4, -0.2) is 33.8 Å². The molecule has 1 aliphatic heterocycles. The lowest BCUT2D eigenvalue weighted by Gasteiger charge is -2.06. The molecule has 1 heterocycles. The van der Waals surface area contributed by atoms with Gasteiger partial charge in [0.25, 0.3) is 0 Å². The van der Waals surface area contributed by atoms with Crippen LogP contribution in [0, 0.1) is 0 Å². The first-order chi connectivity index (χ1) is 8.04. The van der Waals surface area contributed by atoms with Crippen LogP contribution in [0.25, 0.3) is 0 Å². The van der Waals surface area contributed by atoms with Crippen molar-refractivity contribution in [1.82, 2.24) is 0 Å². The Kier molecular flexibility index (Phi) is 3.42. The highest BCUT2D eigenvalue weighted by Gasteiger charge is 2.12. The lowest BCUT2D eigenvalue weighted by atomic mass is 10.2. The van der Waals surface area contributed by atoms with Crippen molar-refractivity contribution in [3.05, 3.63) is 18.2 Å². The summed E-state index contributed by atoms with van der Waals surface area (Å²) in [6.07, 6.45) is 1.83. The van der Waals surface area contributed by atoms with E-state index in [2.05, 4.69) is 5.32 Å². The van der Waals surface area contributed by atoms with Crippen LogP contribution in [0.4, 0.5) is 5.69 Å². The molecule has 0 spiro atoms. The van der Waals surface area contributed by atoms with Crippen molar-refractivity contribution in [3.63, 3.8) is 0 Å². The Bertz CT molecular complexity index is 498. The summed E-state index contributed by atoms with van der Waals surface area (Å²) < 4.78 is 32.3. The molecule has 0 bridgehead atoms. The molecule has 0 unspecified atom stereocenters. The van der Waals surface area contributed by atoms with Gasteiger partial charge in [-0.2, -0.15) is 0 Å². The molecular formula is C11H15NO4S.